The van der Waals surface area contributed by atoms with E-state index in [0.717, 1.165) is 11.8 Å². The number of carbonyl (C=O) groups excluding carboxylic acids is 1. The Balaban J connectivity index is 2.18. The van der Waals surface area contributed by atoms with Crippen molar-refractivity contribution in [3.63, 3.8) is 0 Å². The van der Waals surface area contributed by atoms with E-state index in [0.29, 0.717) is 30.6 Å². The van der Waals surface area contributed by atoms with Crippen molar-refractivity contribution in [2.75, 3.05) is 23.7 Å². The number of carboxylic acids is 1. The predicted molar refractivity (Wildman–Crippen MR) is 86.1 cm³/mol. The lowest BCUT2D eigenvalue weighted by atomic mass is 10.0. The summed E-state index contributed by atoms with van der Waals surface area (Å²) in [4.78, 5) is 22.9. The summed E-state index contributed by atoms with van der Waals surface area (Å²) in [6.45, 7) is 1.99. The van der Waals surface area contributed by atoms with Crippen molar-refractivity contribution in [2.24, 2.45) is 5.92 Å². The van der Waals surface area contributed by atoms with E-state index in [1.807, 2.05) is 0 Å². The largest absolute Gasteiger partial charge is 0.481 e. The molecule has 0 aliphatic carbocycles. The second-order valence-corrected chi connectivity index (χ2v) is 7.64. The van der Waals surface area contributed by atoms with Crippen LogP contribution in [0, 0.1) is 5.92 Å². The van der Waals surface area contributed by atoms with Crippen LogP contribution in [0.3, 0.4) is 0 Å². The highest BCUT2D eigenvalue weighted by atomic mass is 32.2. The van der Waals surface area contributed by atoms with Crippen LogP contribution in [0.4, 0.5) is 5.69 Å². The van der Waals surface area contributed by atoms with E-state index in [9.17, 15) is 18.0 Å². The van der Waals surface area contributed by atoms with Crippen molar-refractivity contribution in [2.45, 2.75) is 19.8 Å². The molecule has 7 nitrogen and oxygen atoms in total. The quantitative estimate of drug-likeness (QED) is 0.827. The van der Waals surface area contributed by atoms with Gasteiger partial charge in [0, 0.05) is 18.7 Å². The van der Waals surface area contributed by atoms with E-state index in [4.69, 9.17) is 5.11 Å². The van der Waals surface area contributed by atoms with Crippen LogP contribution >= 0.6 is 0 Å². The first-order chi connectivity index (χ1) is 10.7. The van der Waals surface area contributed by atoms with Gasteiger partial charge in [0.1, 0.15) is 0 Å². The van der Waals surface area contributed by atoms with E-state index >= 15 is 0 Å². The van der Waals surface area contributed by atoms with Gasteiger partial charge >= 0.3 is 5.97 Å². The molecule has 1 aliphatic heterocycles. The molecule has 1 atom stereocenters. The smallest absolute Gasteiger partial charge is 0.308 e. The maximum absolute atomic E-state index is 12.1. The van der Waals surface area contributed by atoms with E-state index in [1.54, 1.807) is 18.2 Å². The Hall–Kier alpha value is -2.09. The van der Waals surface area contributed by atoms with E-state index < -0.39 is 21.9 Å². The molecule has 1 aliphatic rings. The molecule has 0 spiro atoms. The third kappa shape index (κ3) is 4.01. The van der Waals surface area contributed by atoms with Crippen molar-refractivity contribution in [3.05, 3.63) is 29.3 Å². The minimum absolute atomic E-state index is 0.0424. The second-order valence-electron chi connectivity index (χ2n) is 5.73. The Bertz CT molecular complexity index is 729. The molecule has 0 saturated heterocycles. The third-order valence-corrected chi connectivity index (χ3v) is 4.99. The number of amides is 1. The van der Waals surface area contributed by atoms with Gasteiger partial charge in [0.15, 0.2) is 0 Å². The Kier molecular flexibility index (Phi) is 4.93. The van der Waals surface area contributed by atoms with Crippen LogP contribution in [-0.2, 0) is 21.2 Å². The molecule has 126 valence electrons. The predicted octanol–water partition coefficient (Wildman–Crippen LogP) is 0.849. The first kappa shape index (κ1) is 17.3. The summed E-state index contributed by atoms with van der Waals surface area (Å²) in [5.41, 5.74) is 1.81. The summed E-state index contributed by atoms with van der Waals surface area (Å²) in [5.74, 6) is -2.01. The highest BCUT2D eigenvalue weighted by Crippen LogP contribution is 2.29. The van der Waals surface area contributed by atoms with Gasteiger partial charge in [-0.15, -0.1) is 0 Å². The zero-order valence-electron chi connectivity index (χ0n) is 13.1. The maximum Gasteiger partial charge on any atom is 0.308 e. The summed E-state index contributed by atoms with van der Waals surface area (Å²) in [6.07, 6.45) is 2.56. The molecule has 2 rings (SSSR count). The molecule has 8 heteroatoms. The van der Waals surface area contributed by atoms with Gasteiger partial charge in [-0.05, 0) is 36.6 Å². The van der Waals surface area contributed by atoms with Crippen LogP contribution in [0.25, 0.3) is 0 Å². The molecule has 23 heavy (non-hydrogen) atoms. The number of fused-ring (bicyclic) bond motifs is 1. The number of rotatable bonds is 5. The average Bonchev–Trinajstić information content (AvgIpc) is 2.49. The molecular formula is C15H20N2O5S. The minimum atomic E-state index is -3.34. The minimum Gasteiger partial charge on any atom is -0.481 e. The van der Waals surface area contributed by atoms with Crippen molar-refractivity contribution in [3.8, 4) is 0 Å². The molecule has 0 fully saturated rings. The third-order valence-electron chi connectivity index (χ3n) is 3.81. The second kappa shape index (κ2) is 6.57. The first-order valence-corrected chi connectivity index (χ1v) is 9.16. The van der Waals surface area contributed by atoms with E-state index in [2.05, 4.69) is 5.32 Å². The highest BCUT2D eigenvalue weighted by Gasteiger charge is 2.24. The summed E-state index contributed by atoms with van der Waals surface area (Å²) in [5, 5.41) is 11.4. The zero-order valence-corrected chi connectivity index (χ0v) is 13.9. The number of hydrogen-bond donors (Lipinski definition) is 2. The topological polar surface area (TPSA) is 104 Å². The first-order valence-electron chi connectivity index (χ1n) is 7.32. The lowest BCUT2D eigenvalue weighted by molar-refractivity contribution is -0.140. The molecule has 2 N–H and O–H groups in total. The fourth-order valence-electron chi connectivity index (χ4n) is 2.48. The zero-order chi connectivity index (χ0) is 17.2. The van der Waals surface area contributed by atoms with E-state index in [-0.39, 0.29) is 12.5 Å². The van der Waals surface area contributed by atoms with Crippen LogP contribution in [-0.4, -0.2) is 44.7 Å². The van der Waals surface area contributed by atoms with Gasteiger partial charge < -0.3 is 10.4 Å². The Morgan fingerprint density at radius 1 is 1.39 bits per heavy atom. The van der Waals surface area contributed by atoms with Crippen molar-refractivity contribution >= 4 is 27.6 Å². The van der Waals surface area contributed by atoms with E-state index in [1.165, 1.54) is 11.2 Å². The molecule has 1 aromatic rings. The lowest BCUT2D eigenvalue weighted by Gasteiger charge is -2.29. The van der Waals surface area contributed by atoms with Gasteiger partial charge in [-0.3, -0.25) is 13.9 Å². The van der Waals surface area contributed by atoms with Crippen molar-refractivity contribution in [1.29, 1.82) is 0 Å². The summed E-state index contributed by atoms with van der Waals surface area (Å²) in [7, 11) is -3.34. The molecule has 1 amide bonds. The monoisotopic (exact) mass is 340 g/mol. The molecule has 0 bridgehead atoms. The molecule has 1 aromatic carbocycles. The van der Waals surface area contributed by atoms with Crippen LogP contribution in [0.2, 0.25) is 0 Å². The van der Waals surface area contributed by atoms with Gasteiger partial charge in [0.2, 0.25) is 10.0 Å². The number of anilines is 1. The average molecular weight is 340 g/mol. The van der Waals surface area contributed by atoms with Crippen LogP contribution in [0.15, 0.2) is 18.2 Å². The Labute approximate surface area is 135 Å². The van der Waals surface area contributed by atoms with Crippen LogP contribution in [0.5, 0.6) is 0 Å². The number of carbonyl (C=O) groups is 2. The number of aryl methyl sites for hydroxylation is 1. The number of carboxylic acid groups (broad SMARTS) is 1. The standard InChI is InChI=1S/C15H20N2O5S/c1-10(15(19)20)9-16-14(18)12-5-6-13-11(8-12)4-3-7-17(13)23(2,21)22/h5-6,8,10H,3-4,7,9H2,1-2H3,(H,16,18)(H,19,20). The number of benzene rings is 1. The van der Waals surface area contributed by atoms with Crippen molar-refractivity contribution in [1.82, 2.24) is 5.32 Å². The fourth-order valence-corrected chi connectivity index (χ4v) is 3.48. The number of nitrogens with zero attached hydrogens (tertiary/aromatic N) is 1. The lowest BCUT2D eigenvalue weighted by Crippen LogP contribution is -2.35. The molecule has 0 saturated carbocycles. The Morgan fingerprint density at radius 2 is 2.09 bits per heavy atom. The number of hydrogen-bond acceptors (Lipinski definition) is 4. The number of aliphatic carboxylic acids is 1. The van der Waals surface area contributed by atoms with Crippen molar-refractivity contribution < 1.29 is 23.1 Å². The number of sulfonamides is 1. The van der Waals surface area contributed by atoms with Gasteiger partial charge in [-0.2, -0.15) is 0 Å². The van der Waals surface area contributed by atoms with Crippen LogP contribution < -0.4 is 9.62 Å². The maximum atomic E-state index is 12.1. The highest BCUT2D eigenvalue weighted by molar-refractivity contribution is 7.92. The SMILES string of the molecule is CC(CNC(=O)c1ccc2c(c1)CCCN2S(C)(=O)=O)C(=O)O. The molecule has 1 heterocycles. The molecule has 1 unspecified atom stereocenters. The van der Waals surface area contributed by atoms with Gasteiger partial charge in [-0.1, -0.05) is 6.92 Å². The van der Waals surface area contributed by atoms with Gasteiger partial charge in [0.25, 0.3) is 5.91 Å². The summed E-state index contributed by atoms with van der Waals surface area (Å²) < 4.78 is 24.9. The Morgan fingerprint density at radius 3 is 2.70 bits per heavy atom. The number of nitrogens with one attached hydrogen (secondary N) is 1. The van der Waals surface area contributed by atoms with Gasteiger partial charge in [-0.25, -0.2) is 8.42 Å². The summed E-state index contributed by atoms with van der Waals surface area (Å²) >= 11 is 0. The fraction of sp³-hybridized carbons (Fsp3) is 0.467. The van der Waals surface area contributed by atoms with Crippen LogP contribution in [0.1, 0.15) is 29.3 Å². The van der Waals surface area contributed by atoms with Gasteiger partial charge in [0.05, 0.1) is 17.9 Å². The molecule has 0 radical (unpaired) electrons. The molecule has 0 aromatic heterocycles. The summed E-state index contributed by atoms with van der Waals surface area (Å²) in [6, 6.07) is 4.86. The molecular weight excluding hydrogens is 320 g/mol. The normalized spacial score (nSPS) is 15.7.